The molecule has 0 spiro atoms. The molecule has 14 heavy (non-hydrogen) atoms. The largest absolute Gasteiger partial charge is 0.0845 e. The maximum absolute atomic E-state index is 2.98. The Labute approximate surface area is 90.1 Å². The van der Waals surface area contributed by atoms with E-state index in [4.69, 9.17) is 0 Å². The fraction of sp³-hybridized carbons (Fsp3) is 0.714. The molecule has 0 atom stereocenters. The molecule has 0 nitrogen and oxygen atoms in total. The minimum Gasteiger partial charge on any atom is -0.0845 e. The van der Waals surface area contributed by atoms with Crippen molar-refractivity contribution in [3.63, 3.8) is 0 Å². The molecule has 0 aliphatic rings. The lowest BCUT2D eigenvalue weighted by Gasteiger charge is -1.98. The molecule has 0 fully saturated rings. The Balaban J connectivity index is 2.98. The Hall–Kier alpha value is -0.520. The highest BCUT2D eigenvalue weighted by Crippen LogP contribution is 2.08. The zero-order valence-corrected chi connectivity index (χ0v) is 9.89. The van der Waals surface area contributed by atoms with Gasteiger partial charge in [-0.2, -0.15) is 0 Å². The Morgan fingerprint density at radius 1 is 0.929 bits per heavy atom. The summed E-state index contributed by atoms with van der Waals surface area (Å²) >= 11 is 0. The summed E-state index contributed by atoms with van der Waals surface area (Å²) in [5, 5.41) is 0. The predicted molar refractivity (Wildman–Crippen MR) is 65.2 cm³/mol. The highest BCUT2D eigenvalue weighted by Gasteiger charge is 1.88. The number of allylic oxidation sites excluding steroid dienone is 4. The van der Waals surface area contributed by atoms with Gasteiger partial charge in [0.05, 0.1) is 0 Å². The molecule has 0 aromatic heterocycles. The van der Waals surface area contributed by atoms with Gasteiger partial charge in [0.2, 0.25) is 0 Å². The molecule has 0 aliphatic heterocycles. The molecule has 0 rings (SSSR count). The molecular formula is C14H25. The molecule has 0 aromatic rings. The van der Waals surface area contributed by atoms with E-state index in [2.05, 4.69) is 25.2 Å². The van der Waals surface area contributed by atoms with Crippen molar-refractivity contribution in [2.45, 2.75) is 65.2 Å². The first-order valence-corrected chi connectivity index (χ1v) is 6.07. The number of hydrogen-bond donors (Lipinski definition) is 0. The van der Waals surface area contributed by atoms with Crippen LogP contribution >= 0.6 is 0 Å². The predicted octanol–water partition coefficient (Wildman–Crippen LogP) is 5.06. The quantitative estimate of drug-likeness (QED) is 0.354. The molecule has 0 aromatic carbocycles. The van der Waals surface area contributed by atoms with Gasteiger partial charge in [-0.05, 0) is 25.8 Å². The van der Waals surface area contributed by atoms with Crippen LogP contribution < -0.4 is 0 Å². The molecule has 0 saturated heterocycles. The number of hydrogen-bond acceptors (Lipinski definition) is 0. The van der Waals surface area contributed by atoms with E-state index < -0.39 is 0 Å². The third-order valence-corrected chi connectivity index (χ3v) is 2.37. The lowest BCUT2D eigenvalue weighted by atomic mass is 10.1. The maximum Gasteiger partial charge on any atom is -0.0348 e. The van der Waals surface area contributed by atoms with Gasteiger partial charge in [-0.1, -0.05) is 63.7 Å². The van der Waals surface area contributed by atoms with Crippen LogP contribution in [-0.2, 0) is 0 Å². The molecule has 81 valence electrons. The lowest BCUT2D eigenvalue weighted by Crippen LogP contribution is -1.78. The molecule has 0 heteroatoms. The van der Waals surface area contributed by atoms with Gasteiger partial charge in [-0.3, -0.25) is 0 Å². The highest BCUT2D eigenvalue weighted by molar-refractivity contribution is 4.97. The SMILES string of the molecule is C/[C]=C/C=CCCCCCCCCC. The Morgan fingerprint density at radius 2 is 1.57 bits per heavy atom. The van der Waals surface area contributed by atoms with Crippen molar-refractivity contribution in [2.24, 2.45) is 0 Å². The van der Waals surface area contributed by atoms with Crippen molar-refractivity contribution in [2.75, 3.05) is 0 Å². The molecule has 0 heterocycles. The first-order valence-electron chi connectivity index (χ1n) is 6.07. The molecule has 0 aliphatic carbocycles. The summed E-state index contributed by atoms with van der Waals surface area (Å²) in [6.45, 7) is 4.20. The van der Waals surface area contributed by atoms with Gasteiger partial charge in [0.1, 0.15) is 0 Å². The number of rotatable bonds is 9. The molecule has 0 saturated carbocycles. The van der Waals surface area contributed by atoms with Gasteiger partial charge < -0.3 is 0 Å². The summed E-state index contributed by atoms with van der Waals surface area (Å²) in [6.07, 6.45) is 20.3. The molecule has 0 amide bonds. The van der Waals surface area contributed by atoms with Crippen molar-refractivity contribution in [1.82, 2.24) is 0 Å². The van der Waals surface area contributed by atoms with Crippen LogP contribution in [0.25, 0.3) is 0 Å². The van der Waals surface area contributed by atoms with Crippen LogP contribution in [-0.4, -0.2) is 0 Å². The van der Waals surface area contributed by atoms with E-state index in [9.17, 15) is 0 Å². The molecule has 0 N–H and O–H groups in total. The van der Waals surface area contributed by atoms with E-state index in [1.165, 1.54) is 51.4 Å². The van der Waals surface area contributed by atoms with Gasteiger partial charge in [-0.15, -0.1) is 0 Å². The summed E-state index contributed by atoms with van der Waals surface area (Å²) < 4.78 is 0. The van der Waals surface area contributed by atoms with Crippen LogP contribution in [0.4, 0.5) is 0 Å². The van der Waals surface area contributed by atoms with E-state index in [1.807, 2.05) is 13.0 Å². The van der Waals surface area contributed by atoms with Crippen LogP contribution in [0.5, 0.6) is 0 Å². The lowest BCUT2D eigenvalue weighted by molar-refractivity contribution is 0.592. The summed E-state index contributed by atoms with van der Waals surface area (Å²) in [7, 11) is 0. The van der Waals surface area contributed by atoms with Crippen molar-refractivity contribution in [3.05, 3.63) is 24.3 Å². The maximum atomic E-state index is 2.98. The van der Waals surface area contributed by atoms with Crippen molar-refractivity contribution in [1.29, 1.82) is 0 Å². The Bertz CT molecular complexity index is 142. The topological polar surface area (TPSA) is 0 Å². The zero-order valence-electron chi connectivity index (χ0n) is 9.89. The van der Waals surface area contributed by atoms with Crippen molar-refractivity contribution in [3.8, 4) is 0 Å². The highest BCUT2D eigenvalue weighted by atomic mass is 13.9. The van der Waals surface area contributed by atoms with Gasteiger partial charge in [0.15, 0.2) is 0 Å². The van der Waals surface area contributed by atoms with Crippen LogP contribution in [0.1, 0.15) is 65.2 Å². The Kier molecular flexibility index (Phi) is 12.0. The summed E-state index contributed by atoms with van der Waals surface area (Å²) in [6, 6.07) is 0. The first-order chi connectivity index (χ1) is 6.91. The van der Waals surface area contributed by atoms with Crippen molar-refractivity contribution >= 4 is 0 Å². The van der Waals surface area contributed by atoms with Gasteiger partial charge >= 0.3 is 0 Å². The molecule has 1 radical (unpaired) electrons. The third-order valence-electron chi connectivity index (χ3n) is 2.37. The van der Waals surface area contributed by atoms with Crippen LogP contribution in [0.2, 0.25) is 0 Å². The second-order valence-electron chi connectivity index (χ2n) is 3.79. The number of unbranched alkanes of at least 4 members (excludes halogenated alkanes) is 7. The van der Waals surface area contributed by atoms with E-state index in [1.54, 1.807) is 0 Å². The minimum atomic E-state index is 1.23. The fourth-order valence-electron chi connectivity index (χ4n) is 1.48. The van der Waals surface area contributed by atoms with Crippen molar-refractivity contribution < 1.29 is 0 Å². The van der Waals surface area contributed by atoms with Crippen LogP contribution in [0.3, 0.4) is 0 Å². The van der Waals surface area contributed by atoms with E-state index in [0.29, 0.717) is 0 Å². The van der Waals surface area contributed by atoms with E-state index >= 15 is 0 Å². The van der Waals surface area contributed by atoms with E-state index in [-0.39, 0.29) is 0 Å². The second kappa shape index (κ2) is 12.5. The van der Waals surface area contributed by atoms with E-state index in [0.717, 1.165) is 0 Å². The summed E-state index contributed by atoms with van der Waals surface area (Å²) in [4.78, 5) is 0. The monoisotopic (exact) mass is 193 g/mol. The molecule has 0 unspecified atom stereocenters. The molecule has 0 bridgehead atoms. The fourth-order valence-corrected chi connectivity index (χ4v) is 1.48. The van der Waals surface area contributed by atoms with Crippen LogP contribution in [0, 0.1) is 6.08 Å². The summed E-state index contributed by atoms with van der Waals surface area (Å²) in [5.74, 6) is 0. The minimum absolute atomic E-state index is 1.23. The smallest absolute Gasteiger partial charge is 0.0348 e. The van der Waals surface area contributed by atoms with Gasteiger partial charge in [0, 0.05) is 0 Å². The normalized spacial score (nSPS) is 11.9. The second-order valence-corrected chi connectivity index (χ2v) is 3.79. The Morgan fingerprint density at radius 3 is 2.21 bits per heavy atom. The average molecular weight is 193 g/mol. The van der Waals surface area contributed by atoms with Gasteiger partial charge in [-0.25, -0.2) is 0 Å². The zero-order chi connectivity index (χ0) is 10.5. The van der Waals surface area contributed by atoms with Crippen LogP contribution in [0.15, 0.2) is 18.2 Å². The average Bonchev–Trinajstić information content (AvgIpc) is 2.21. The molecular weight excluding hydrogens is 168 g/mol. The summed E-state index contributed by atoms with van der Waals surface area (Å²) in [5.41, 5.74) is 0. The van der Waals surface area contributed by atoms with Gasteiger partial charge in [0.25, 0.3) is 0 Å². The first kappa shape index (κ1) is 13.5. The third kappa shape index (κ3) is 11.5. The standard InChI is InChI=1S/C14H25/c1-3-5-7-9-11-13-14-12-10-8-6-4-2/h6,8,10H,3,5,7,9,11-14H2,1-2H3.